The molecule has 30 heavy (non-hydrogen) atoms. The van der Waals surface area contributed by atoms with Crippen molar-refractivity contribution in [3.63, 3.8) is 0 Å². The molecule has 0 spiro atoms. The Balaban J connectivity index is 2.96. The molecule has 0 aliphatic heterocycles. The Morgan fingerprint density at radius 1 is 1.03 bits per heavy atom. The van der Waals surface area contributed by atoms with Gasteiger partial charge < -0.3 is 32.3 Å². The number of carbonyl (C=O) groups is 3. The zero-order valence-corrected chi connectivity index (χ0v) is 17.6. The van der Waals surface area contributed by atoms with Gasteiger partial charge in [-0.15, -0.1) is 0 Å². The van der Waals surface area contributed by atoms with Crippen LogP contribution >= 0.6 is 0 Å². The maximum Gasteiger partial charge on any atom is 0.326 e. The van der Waals surface area contributed by atoms with Crippen LogP contribution in [0, 0.1) is 5.92 Å². The molecule has 168 valence electrons. The number of phenols is 1. The summed E-state index contributed by atoms with van der Waals surface area (Å²) < 4.78 is 0. The Morgan fingerprint density at radius 2 is 1.63 bits per heavy atom. The normalized spacial score (nSPS) is 14.9. The number of carboxylic acids is 1. The number of unbranched alkanes of at least 4 members (excludes halogenated alkanes) is 1. The number of hydrogen-bond donors (Lipinski definition) is 6. The Kier molecular flexibility index (Phi) is 10.8. The van der Waals surface area contributed by atoms with Gasteiger partial charge in [0.15, 0.2) is 0 Å². The number of carboxylic acid groups (broad SMARTS) is 1. The number of phenolic OH excluding ortho intramolecular Hbond substituents is 1. The minimum absolute atomic E-state index is 0.0772. The summed E-state index contributed by atoms with van der Waals surface area (Å²) in [6.45, 7) is 4.20. The zero-order valence-electron chi connectivity index (χ0n) is 17.6. The van der Waals surface area contributed by atoms with Gasteiger partial charge in [0.25, 0.3) is 0 Å². The molecule has 1 rings (SSSR count). The van der Waals surface area contributed by atoms with E-state index in [2.05, 4.69) is 10.6 Å². The van der Waals surface area contributed by atoms with Crippen molar-refractivity contribution in [1.82, 2.24) is 10.6 Å². The summed E-state index contributed by atoms with van der Waals surface area (Å²) in [7, 11) is 0. The van der Waals surface area contributed by atoms with Crippen molar-refractivity contribution in [2.75, 3.05) is 6.54 Å². The molecule has 0 aromatic heterocycles. The molecule has 0 saturated heterocycles. The quantitative estimate of drug-likeness (QED) is 0.251. The van der Waals surface area contributed by atoms with Crippen molar-refractivity contribution in [2.24, 2.45) is 17.4 Å². The zero-order chi connectivity index (χ0) is 22.7. The van der Waals surface area contributed by atoms with E-state index in [1.165, 1.54) is 12.1 Å². The fraction of sp³-hybridized carbons (Fsp3) is 0.571. The van der Waals surface area contributed by atoms with Crippen LogP contribution in [-0.4, -0.2) is 52.7 Å². The van der Waals surface area contributed by atoms with Crippen molar-refractivity contribution in [2.45, 2.75) is 64.1 Å². The summed E-state index contributed by atoms with van der Waals surface area (Å²) in [5, 5.41) is 24.0. The maximum absolute atomic E-state index is 12.9. The highest BCUT2D eigenvalue weighted by Crippen LogP contribution is 2.13. The van der Waals surface area contributed by atoms with Gasteiger partial charge in [-0.05, 0) is 49.4 Å². The SMILES string of the molecule is CC[C@H](C)[C@H](N)C(=O)N[C@@H](Cc1ccc(O)cc1)C(=O)N[C@@H](CCCCN)C(=O)O. The third-order valence-electron chi connectivity index (χ3n) is 5.13. The number of amides is 2. The predicted octanol–water partition coefficient (Wildman–Crippen LogP) is 0.491. The molecule has 0 heterocycles. The predicted molar refractivity (Wildman–Crippen MR) is 114 cm³/mol. The van der Waals surface area contributed by atoms with E-state index < -0.39 is 35.9 Å². The number of nitrogens with two attached hydrogens (primary N) is 2. The molecule has 8 N–H and O–H groups in total. The van der Waals surface area contributed by atoms with E-state index in [-0.39, 0.29) is 24.5 Å². The molecule has 0 saturated carbocycles. The minimum Gasteiger partial charge on any atom is -0.508 e. The van der Waals surface area contributed by atoms with E-state index in [4.69, 9.17) is 11.5 Å². The number of nitrogens with one attached hydrogen (secondary N) is 2. The molecule has 1 aromatic rings. The first kappa shape index (κ1) is 25.4. The fourth-order valence-electron chi connectivity index (χ4n) is 2.88. The molecular weight excluding hydrogens is 388 g/mol. The lowest BCUT2D eigenvalue weighted by Gasteiger charge is -2.24. The second kappa shape index (κ2) is 12.8. The molecule has 4 atom stereocenters. The third kappa shape index (κ3) is 8.38. The van der Waals surface area contributed by atoms with Crippen LogP contribution < -0.4 is 22.1 Å². The van der Waals surface area contributed by atoms with E-state index in [0.29, 0.717) is 31.4 Å². The number of aliphatic carboxylic acids is 1. The van der Waals surface area contributed by atoms with Gasteiger partial charge >= 0.3 is 5.97 Å². The van der Waals surface area contributed by atoms with Gasteiger partial charge in [0, 0.05) is 6.42 Å². The average molecular weight is 423 g/mol. The van der Waals surface area contributed by atoms with Gasteiger partial charge in [0.05, 0.1) is 6.04 Å². The number of hydrogen-bond acceptors (Lipinski definition) is 6. The largest absolute Gasteiger partial charge is 0.508 e. The van der Waals surface area contributed by atoms with Crippen LogP contribution in [0.4, 0.5) is 0 Å². The van der Waals surface area contributed by atoms with Crippen LogP contribution in [-0.2, 0) is 20.8 Å². The monoisotopic (exact) mass is 422 g/mol. The topological polar surface area (TPSA) is 168 Å². The van der Waals surface area contributed by atoms with Crippen LogP contribution in [0.25, 0.3) is 0 Å². The van der Waals surface area contributed by atoms with Crippen molar-refractivity contribution >= 4 is 17.8 Å². The van der Waals surface area contributed by atoms with Crippen LogP contribution in [0.15, 0.2) is 24.3 Å². The summed E-state index contributed by atoms with van der Waals surface area (Å²) in [5.74, 6) is -2.23. The Labute approximate surface area is 177 Å². The summed E-state index contributed by atoms with van der Waals surface area (Å²) in [4.78, 5) is 36.9. The number of benzene rings is 1. The summed E-state index contributed by atoms with van der Waals surface area (Å²) >= 11 is 0. The first-order valence-electron chi connectivity index (χ1n) is 10.3. The molecule has 0 fully saturated rings. The van der Waals surface area contributed by atoms with E-state index in [1.807, 2.05) is 13.8 Å². The van der Waals surface area contributed by atoms with Crippen molar-refractivity contribution < 1.29 is 24.6 Å². The van der Waals surface area contributed by atoms with E-state index in [9.17, 15) is 24.6 Å². The summed E-state index contributed by atoms with van der Waals surface area (Å²) in [6.07, 6.45) is 2.27. The Hall–Kier alpha value is -2.65. The first-order chi connectivity index (χ1) is 14.2. The molecule has 2 amide bonds. The summed E-state index contributed by atoms with van der Waals surface area (Å²) in [5.41, 5.74) is 12.1. The van der Waals surface area contributed by atoms with Gasteiger partial charge in [0.2, 0.25) is 11.8 Å². The van der Waals surface area contributed by atoms with Gasteiger partial charge in [-0.3, -0.25) is 9.59 Å². The van der Waals surface area contributed by atoms with Crippen molar-refractivity contribution in [3.8, 4) is 5.75 Å². The third-order valence-corrected chi connectivity index (χ3v) is 5.13. The van der Waals surface area contributed by atoms with E-state index in [1.54, 1.807) is 12.1 Å². The van der Waals surface area contributed by atoms with Crippen LogP contribution in [0.3, 0.4) is 0 Å². The van der Waals surface area contributed by atoms with E-state index in [0.717, 1.165) is 0 Å². The van der Waals surface area contributed by atoms with Crippen molar-refractivity contribution in [1.29, 1.82) is 0 Å². The van der Waals surface area contributed by atoms with E-state index >= 15 is 0 Å². The highest BCUT2D eigenvalue weighted by atomic mass is 16.4. The molecule has 0 radical (unpaired) electrons. The second-order valence-corrected chi connectivity index (χ2v) is 7.53. The number of rotatable bonds is 13. The molecular formula is C21H34N4O5. The maximum atomic E-state index is 12.9. The second-order valence-electron chi connectivity index (χ2n) is 7.53. The highest BCUT2D eigenvalue weighted by molar-refractivity contribution is 5.92. The lowest BCUT2D eigenvalue weighted by atomic mass is 9.98. The molecule has 0 aliphatic rings. The van der Waals surface area contributed by atoms with Gasteiger partial charge in [0.1, 0.15) is 17.8 Å². The average Bonchev–Trinajstić information content (AvgIpc) is 2.72. The molecule has 0 bridgehead atoms. The Bertz CT molecular complexity index is 695. The number of aromatic hydroxyl groups is 1. The molecule has 1 aromatic carbocycles. The highest BCUT2D eigenvalue weighted by Gasteiger charge is 2.29. The van der Waals surface area contributed by atoms with Gasteiger partial charge in [-0.25, -0.2) is 4.79 Å². The minimum atomic E-state index is -1.15. The van der Waals surface area contributed by atoms with Gasteiger partial charge in [-0.2, -0.15) is 0 Å². The van der Waals surface area contributed by atoms with Gasteiger partial charge in [-0.1, -0.05) is 32.4 Å². The van der Waals surface area contributed by atoms with Crippen molar-refractivity contribution in [3.05, 3.63) is 29.8 Å². The van der Waals surface area contributed by atoms with Crippen LogP contribution in [0.2, 0.25) is 0 Å². The first-order valence-corrected chi connectivity index (χ1v) is 10.3. The standard InChI is InChI=1S/C21H34N4O5/c1-3-13(2)18(23)20(28)25-17(12-14-7-9-15(26)10-8-14)19(27)24-16(21(29)30)6-4-5-11-22/h7-10,13,16-18,26H,3-6,11-12,22-23H2,1-2H3,(H,24,27)(H,25,28)(H,29,30)/t13-,16-,17-,18-/m0/s1. The fourth-order valence-corrected chi connectivity index (χ4v) is 2.88. The Morgan fingerprint density at radius 3 is 2.17 bits per heavy atom. The lowest BCUT2D eigenvalue weighted by Crippen LogP contribution is -2.56. The smallest absolute Gasteiger partial charge is 0.326 e. The number of carbonyl (C=O) groups excluding carboxylic acids is 2. The molecule has 9 nitrogen and oxygen atoms in total. The molecule has 9 heteroatoms. The molecule has 0 unspecified atom stereocenters. The lowest BCUT2D eigenvalue weighted by molar-refractivity contribution is -0.142. The molecule has 0 aliphatic carbocycles. The summed E-state index contributed by atoms with van der Waals surface area (Å²) in [6, 6.07) is 3.34. The van der Waals surface area contributed by atoms with Crippen LogP contribution in [0.5, 0.6) is 5.75 Å². The van der Waals surface area contributed by atoms with Crippen LogP contribution in [0.1, 0.15) is 45.1 Å².